The number of halogens is 1. The Bertz CT molecular complexity index is 238. The van der Waals surface area contributed by atoms with E-state index in [-0.39, 0.29) is 5.41 Å². The molecule has 1 heterocycles. The summed E-state index contributed by atoms with van der Waals surface area (Å²) in [6, 6.07) is 5.31. The minimum Gasteiger partial charge on any atom is -0.258 e. The lowest BCUT2D eigenvalue weighted by atomic mass is 9.88. The molecule has 0 aliphatic carbocycles. The molecule has 1 aromatic heterocycles. The summed E-state index contributed by atoms with van der Waals surface area (Å²) in [6.45, 7) is 5.60. The van der Waals surface area contributed by atoms with E-state index < -0.39 is 6.17 Å². The maximum atomic E-state index is 13.6. The first kappa shape index (κ1) is 9.17. The Morgan fingerprint density at radius 1 is 1.33 bits per heavy atom. The molecule has 0 amide bonds. The molecule has 66 valence electrons. The quantitative estimate of drug-likeness (QED) is 0.626. The summed E-state index contributed by atoms with van der Waals surface area (Å²) in [4.78, 5) is 3.97. The molecule has 1 rings (SSSR count). The van der Waals surface area contributed by atoms with Gasteiger partial charge in [0.05, 0.1) is 5.69 Å². The Hall–Kier alpha value is -0.920. The normalized spacial score (nSPS) is 14.3. The molecule has 1 nitrogen and oxygen atoms in total. The smallest absolute Gasteiger partial charge is 0.147 e. The van der Waals surface area contributed by atoms with E-state index in [0.29, 0.717) is 5.69 Å². The number of aromatic nitrogens is 1. The maximum absolute atomic E-state index is 13.6. The highest BCUT2D eigenvalue weighted by atomic mass is 19.1. The molecule has 0 aliphatic rings. The van der Waals surface area contributed by atoms with Crippen LogP contribution in [0.2, 0.25) is 0 Å². The second-order valence-corrected chi connectivity index (χ2v) is 3.98. The molecule has 0 radical (unpaired) electrons. The summed E-state index contributed by atoms with van der Waals surface area (Å²) in [5.74, 6) is 0. The number of hydrogen-bond donors (Lipinski definition) is 0. The zero-order valence-electron chi connectivity index (χ0n) is 7.71. The molecule has 0 aromatic carbocycles. The Morgan fingerprint density at radius 2 is 2.00 bits per heavy atom. The zero-order valence-corrected chi connectivity index (χ0v) is 7.71. The zero-order chi connectivity index (χ0) is 9.19. The van der Waals surface area contributed by atoms with Gasteiger partial charge in [-0.3, -0.25) is 4.98 Å². The molecule has 1 atom stereocenters. The SMILES string of the molecule is CC(C)(C)C(F)c1ccccn1. The van der Waals surface area contributed by atoms with Crippen LogP contribution < -0.4 is 0 Å². The van der Waals surface area contributed by atoms with Crippen LogP contribution >= 0.6 is 0 Å². The van der Waals surface area contributed by atoms with Crippen LogP contribution in [0.3, 0.4) is 0 Å². The monoisotopic (exact) mass is 167 g/mol. The van der Waals surface area contributed by atoms with Gasteiger partial charge in [-0.05, 0) is 17.5 Å². The minimum absolute atomic E-state index is 0.367. The van der Waals surface area contributed by atoms with E-state index >= 15 is 0 Å². The molecule has 1 aromatic rings. The topological polar surface area (TPSA) is 12.9 Å². The van der Waals surface area contributed by atoms with E-state index in [1.165, 1.54) is 0 Å². The van der Waals surface area contributed by atoms with Gasteiger partial charge in [0.15, 0.2) is 0 Å². The van der Waals surface area contributed by atoms with Crippen LogP contribution in [-0.2, 0) is 0 Å². The van der Waals surface area contributed by atoms with E-state index in [0.717, 1.165) is 0 Å². The summed E-state index contributed by atoms with van der Waals surface area (Å²) in [5.41, 5.74) is 0.152. The van der Waals surface area contributed by atoms with Gasteiger partial charge in [0.2, 0.25) is 0 Å². The average molecular weight is 167 g/mol. The van der Waals surface area contributed by atoms with E-state index in [4.69, 9.17) is 0 Å². The molecular formula is C10H14FN. The first-order chi connectivity index (χ1) is 5.52. The van der Waals surface area contributed by atoms with Crippen LogP contribution in [0, 0.1) is 5.41 Å². The molecule has 0 bridgehead atoms. The fourth-order valence-electron chi connectivity index (χ4n) is 0.970. The molecular weight excluding hydrogens is 153 g/mol. The Labute approximate surface area is 72.6 Å². The maximum Gasteiger partial charge on any atom is 0.147 e. The third-order valence-electron chi connectivity index (χ3n) is 1.71. The van der Waals surface area contributed by atoms with Crippen LogP contribution in [-0.4, -0.2) is 4.98 Å². The van der Waals surface area contributed by atoms with Crippen LogP contribution in [0.1, 0.15) is 32.6 Å². The molecule has 12 heavy (non-hydrogen) atoms. The van der Waals surface area contributed by atoms with Crippen LogP contribution in [0.5, 0.6) is 0 Å². The highest BCUT2D eigenvalue weighted by Gasteiger charge is 2.26. The van der Waals surface area contributed by atoms with Crippen molar-refractivity contribution in [2.24, 2.45) is 5.41 Å². The predicted molar refractivity (Wildman–Crippen MR) is 47.5 cm³/mol. The number of rotatable bonds is 1. The van der Waals surface area contributed by atoms with Crippen molar-refractivity contribution in [3.05, 3.63) is 30.1 Å². The summed E-state index contributed by atoms with van der Waals surface area (Å²) >= 11 is 0. The number of nitrogens with zero attached hydrogens (tertiary/aromatic N) is 1. The van der Waals surface area contributed by atoms with Crippen molar-refractivity contribution in [1.29, 1.82) is 0 Å². The van der Waals surface area contributed by atoms with Gasteiger partial charge in [-0.1, -0.05) is 26.8 Å². The molecule has 1 unspecified atom stereocenters. The Kier molecular flexibility index (Phi) is 2.46. The summed E-state index contributed by atoms with van der Waals surface area (Å²) in [5, 5.41) is 0. The first-order valence-corrected chi connectivity index (χ1v) is 4.07. The number of alkyl halides is 1. The molecule has 0 aliphatic heterocycles. The van der Waals surface area contributed by atoms with Crippen molar-refractivity contribution in [3.8, 4) is 0 Å². The fourth-order valence-corrected chi connectivity index (χ4v) is 0.970. The molecule has 2 heteroatoms. The molecule has 0 fully saturated rings. The lowest BCUT2D eigenvalue weighted by Gasteiger charge is -2.22. The molecule has 0 saturated carbocycles. The molecule has 0 spiro atoms. The molecule has 0 N–H and O–H groups in total. The van der Waals surface area contributed by atoms with Gasteiger partial charge in [-0.2, -0.15) is 0 Å². The Morgan fingerprint density at radius 3 is 2.42 bits per heavy atom. The van der Waals surface area contributed by atoms with Crippen molar-refractivity contribution in [2.45, 2.75) is 26.9 Å². The summed E-state index contributed by atoms with van der Waals surface area (Å²) in [7, 11) is 0. The van der Waals surface area contributed by atoms with Crippen LogP contribution in [0.25, 0.3) is 0 Å². The lowest BCUT2D eigenvalue weighted by molar-refractivity contribution is 0.160. The standard InChI is InChI=1S/C10H14FN/c1-10(2,3)9(11)8-6-4-5-7-12-8/h4-7,9H,1-3H3. The van der Waals surface area contributed by atoms with Gasteiger partial charge >= 0.3 is 0 Å². The lowest BCUT2D eigenvalue weighted by Crippen LogP contribution is -2.14. The highest BCUT2D eigenvalue weighted by Crippen LogP contribution is 2.34. The van der Waals surface area contributed by atoms with Crippen molar-refractivity contribution >= 4 is 0 Å². The van der Waals surface area contributed by atoms with E-state index in [2.05, 4.69) is 4.98 Å². The second kappa shape index (κ2) is 3.21. The number of pyridine rings is 1. The van der Waals surface area contributed by atoms with Gasteiger partial charge in [0, 0.05) is 6.20 Å². The van der Waals surface area contributed by atoms with E-state index in [9.17, 15) is 4.39 Å². The largest absolute Gasteiger partial charge is 0.258 e. The van der Waals surface area contributed by atoms with Crippen LogP contribution in [0.4, 0.5) is 4.39 Å². The predicted octanol–water partition coefficient (Wildman–Crippen LogP) is 3.14. The summed E-state index contributed by atoms with van der Waals surface area (Å²) < 4.78 is 13.6. The molecule has 0 saturated heterocycles. The second-order valence-electron chi connectivity index (χ2n) is 3.98. The van der Waals surface area contributed by atoms with Gasteiger partial charge in [0.1, 0.15) is 6.17 Å². The van der Waals surface area contributed by atoms with Gasteiger partial charge in [-0.15, -0.1) is 0 Å². The fraction of sp³-hybridized carbons (Fsp3) is 0.500. The van der Waals surface area contributed by atoms with Crippen molar-refractivity contribution in [1.82, 2.24) is 4.98 Å². The third kappa shape index (κ3) is 2.03. The first-order valence-electron chi connectivity index (χ1n) is 4.07. The average Bonchev–Trinajstić information content (AvgIpc) is 2.03. The van der Waals surface area contributed by atoms with Crippen molar-refractivity contribution in [3.63, 3.8) is 0 Å². The minimum atomic E-state index is -0.987. The van der Waals surface area contributed by atoms with Gasteiger partial charge in [0.25, 0.3) is 0 Å². The Balaban J connectivity index is 2.86. The highest BCUT2D eigenvalue weighted by molar-refractivity contribution is 5.08. The summed E-state index contributed by atoms with van der Waals surface area (Å²) in [6.07, 6.45) is 0.631. The van der Waals surface area contributed by atoms with Gasteiger partial charge < -0.3 is 0 Å². The van der Waals surface area contributed by atoms with E-state index in [1.54, 1.807) is 24.4 Å². The number of hydrogen-bond acceptors (Lipinski definition) is 1. The van der Waals surface area contributed by atoms with Crippen molar-refractivity contribution < 1.29 is 4.39 Å². The van der Waals surface area contributed by atoms with Crippen LogP contribution in [0.15, 0.2) is 24.4 Å². The van der Waals surface area contributed by atoms with Crippen molar-refractivity contribution in [2.75, 3.05) is 0 Å². The van der Waals surface area contributed by atoms with Gasteiger partial charge in [-0.25, -0.2) is 4.39 Å². The third-order valence-corrected chi connectivity index (χ3v) is 1.71. The van der Waals surface area contributed by atoms with E-state index in [1.807, 2.05) is 20.8 Å².